The fraction of sp³-hybridized carbons (Fsp3) is 0.231. The molecule has 7 nitrogen and oxygen atoms in total. The molecule has 0 aliphatic carbocycles. The summed E-state index contributed by atoms with van der Waals surface area (Å²) >= 11 is 0. The molecule has 0 radical (unpaired) electrons. The number of nitrogens with one attached hydrogen (secondary N) is 1. The van der Waals surface area contributed by atoms with Crippen molar-refractivity contribution in [1.82, 2.24) is 0 Å². The van der Waals surface area contributed by atoms with E-state index < -0.39 is 17.7 Å². The van der Waals surface area contributed by atoms with E-state index in [1.54, 1.807) is 25.1 Å². The van der Waals surface area contributed by atoms with E-state index >= 15 is 0 Å². The number of carbonyl (C=O) groups is 2. The average molecular weight is 464 g/mol. The lowest BCUT2D eigenvalue weighted by atomic mass is 10.1. The number of carboxylic acids is 1. The standard InChI is InChI=1S/C26H25FN2O5/c1-16-9-20(33-15-21-14-29(2)23-5-3-4-6-24(23)34-21)7-8-22(16)26(32)28-19-11-17(12-25(30)31)10-18(27)13-19/h3-11,13,21H,12,14-15H2,1-2H3,(H,28,32)(H,30,31)/t21-/m0/s1. The van der Waals surface area contributed by atoms with Crippen LogP contribution >= 0.6 is 0 Å². The molecule has 0 unspecified atom stereocenters. The van der Waals surface area contributed by atoms with Gasteiger partial charge in [0.25, 0.3) is 5.91 Å². The number of rotatable bonds is 7. The number of ether oxygens (including phenoxy) is 2. The number of para-hydroxylation sites is 2. The normalized spacial score (nSPS) is 14.7. The summed E-state index contributed by atoms with van der Waals surface area (Å²) in [5.74, 6) is -0.702. The summed E-state index contributed by atoms with van der Waals surface area (Å²) in [4.78, 5) is 25.8. The summed E-state index contributed by atoms with van der Waals surface area (Å²) in [6, 6.07) is 16.7. The number of fused-ring (bicyclic) bond motifs is 1. The zero-order valence-electron chi connectivity index (χ0n) is 18.9. The first kappa shape index (κ1) is 23.1. The molecule has 1 heterocycles. The average Bonchev–Trinajstić information content (AvgIpc) is 2.77. The molecule has 1 aliphatic heterocycles. The monoisotopic (exact) mass is 464 g/mol. The number of amides is 1. The van der Waals surface area contributed by atoms with Crippen LogP contribution in [0.25, 0.3) is 0 Å². The second-order valence-electron chi connectivity index (χ2n) is 8.25. The van der Waals surface area contributed by atoms with Crippen LogP contribution in [-0.4, -0.2) is 43.3 Å². The van der Waals surface area contributed by atoms with Crippen LogP contribution in [0.1, 0.15) is 21.5 Å². The van der Waals surface area contributed by atoms with Crippen molar-refractivity contribution in [3.8, 4) is 11.5 Å². The molecule has 3 aromatic rings. The van der Waals surface area contributed by atoms with Crippen molar-refractivity contribution < 1.29 is 28.6 Å². The fourth-order valence-electron chi connectivity index (χ4n) is 3.95. The largest absolute Gasteiger partial charge is 0.490 e. The van der Waals surface area contributed by atoms with Gasteiger partial charge >= 0.3 is 5.97 Å². The Morgan fingerprint density at radius 1 is 1.18 bits per heavy atom. The minimum absolute atomic E-state index is 0.142. The minimum Gasteiger partial charge on any atom is -0.490 e. The molecule has 0 aromatic heterocycles. The molecule has 0 spiro atoms. The summed E-state index contributed by atoms with van der Waals surface area (Å²) in [5.41, 5.74) is 2.59. The van der Waals surface area contributed by atoms with Crippen molar-refractivity contribution in [2.75, 3.05) is 30.4 Å². The summed E-state index contributed by atoms with van der Waals surface area (Å²) in [6.45, 7) is 2.82. The van der Waals surface area contributed by atoms with E-state index in [-0.39, 0.29) is 23.8 Å². The maximum atomic E-state index is 13.8. The third-order valence-electron chi connectivity index (χ3n) is 5.50. The molecule has 1 atom stereocenters. The Labute approximate surface area is 196 Å². The zero-order valence-corrected chi connectivity index (χ0v) is 18.9. The van der Waals surface area contributed by atoms with Crippen LogP contribution in [0.15, 0.2) is 60.7 Å². The van der Waals surface area contributed by atoms with Gasteiger partial charge in [-0.1, -0.05) is 12.1 Å². The van der Waals surface area contributed by atoms with Gasteiger partial charge in [0.2, 0.25) is 0 Å². The van der Waals surface area contributed by atoms with Gasteiger partial charge in [0.15, 0.2) is 0 Å². The van der Waals surface area contributed by atoms with Crippen molar-refractivity contribution in [2.24, 2.45) is 0 Å². The number of aryl methyl sites for hydroxylation is 1. The van der Waals surface area contributed by atoms with Gasteiger partial charge in [0.1, 0.15) is 30.0 Å². The molecule has 8 heteroatoms. The fourth-order valence-corrected chi connectivity index (χ4v) is 3.95. The lowest BCUT2D eigenvalue weighted by Gasteiger charge is -2.33. The van der Waals surface area contributed by atoms with Crippen molar-refractivity contribution in [1.29, 1.82) is 0 Å². The SMILES string of the molecule is Cc1cc(OC[C@@H]2CN(C)c3ccccc3O2)ccc1C(=O)Nc1cc(F)cc(CC(=O)O)c1. The molecule has 34 heavy (non-hydrogen) atoms. The molecule has 0 saturated carbocycles. The highest BCUT2D eigenvalue weighted by atomic mass is 19.1. The van der Waals surface area contributed by atoms with Gasteiger partial charge in [-0.3, -0.25) is 9.59 Å². The summed E-state index contributed by atoms with van der Waals surface area (Å²) in [5, 5.41) is 11.6. The first-order valence-electron chi connectivity index (χ1n) is 10.8. The van der Waals surface area contributed by atoms with Crippen LogP contribution in [-0.2, 0) is 11.2 Å². The van der Waals surface area contributed by atoms with Crippen molar-refractivity contribution >= 4 is 23.3 Å². The first-order chi connectivity index (χ1) is 16.3. The second-order valence-corrected chi connectivity index (χ2v) is 8.25. The van der Waals surface area contributed by atoms with Gasteiger partial charge in [-0.25, -0.2) is 4.39 Å². The van der Waals surface area contributed by atoms with Crippen LogP contribution in [0.5, 0.6) is 11.5 Å². The highest BCUT2D eigenvalue weighted by molar-refractivity contribution is 6.05. The topological polar surface area (TPSA) is 88.1 Å². The summed E-state index contributed by atoms with van der Waals surface area (Å²) < 4.78 is 25.8. The van der Waals surface area contributed by atoms with Gasteiger partial charge in [0.05, 0.1) is 18.7 Å². The quantitative estimate of drug-likeness (QED) is 0.542. The highest BCUT2D eigenvalue weighted by Crippen LogP contribution is 2.32. The zero-order chi connectivity index (χ0) is 24.2. The van der Waals surface area contributed by atoms with Crippen LogP contribution in [0.2, 0.25) is 0 Å². The molecule has 0 bridgehead atoms. The molecule has 1 amide bonds. The number of hydrogen-bond acceptors (Lipinski definition) is 5. The maximum absolute atomic E-state index is 13.8. The Hall–Kier alpha value is -4.07. The molecule has 176 valence electrons. The van der Waals surface area contributed by atoms with Crippen LogP contribution < -0.4 is 19.7 Å². The number of aliphatic carboxylic acids is 1. The predicted octanol–water partition coefficient (Wildman–Crippen LogP) is 4.29. The smallest absolute Gasteiger partial charge is 0.307 e. The Morgan fingerprint density at radius 3 is 2.74 bits per heavy atom. The summed E-state index contributed by atoms with van der Waals surface area (Å²) in [6.07, 6.45) is -0.478. The van der Waals surface area contributed by atoms with Gasteiger partial charge in [-0.15, -0.1) is 0 Å². The number of anilines is 2. The number of halogens is 1. The van der Waals surface area contributed by atoms with Gasteiger partial charge in [-0.2, -0.15) is 0 Å². The van der Waals surface area contributed by atoms with E-state index in [1.807, 2.05) is 31.3 Å². The van der Waals surface area contributed by atoms with E-state index in [0.717, 1.165) is 23.6 Å². The Morgan fingerprint density at radius 2 is 1.97 bits per heavy atom. The molecule has 4 rings (SSSR count). The van der Waals surface area contributed by atoms with Crippen molar-refractivity contribution in [3.05, 3.63) is 83.2 Å². The van der Waals surface area contributed by atoms with E-state index in [1.165, 1.54) is 6.07 Å². The van der Waals surface area contributed by atoms with E-state index in [2.05, 4.69) is 10.2 Å². The molecular weight excluding hydrogens is 439 g/mol. The second kappa shape index (κ2) is 9.82. The van der Waals surface area contributed by atoms with Crippen LogP contribution in [0.4, 0.5) is 15.8 Å². The van der Waals surface area contributed by atoms with E-state index in [9.17, 15) is 14.0 Å². The maximum Gasteiger partial charge on any atom is 0.307 e. The third kappa shape index (κ3) is 5.46. The molecule has 0 fully saturated rings. The highest BCUT2D eigenvalue weighted by Gasteiger charge is 2.23. The van der Waals surface area contributed by atoms with Gasteiger partial charge in [0, 0.05) is 18.3 Å². The molecular formula is C26H25FN2O5. The molecule has 3 aromatic carbocycles. The number of carboxylic acid groups (broad SMARTS) is 1. The minimum atomic E-state index is -1.08. The number of nitrogens with zero attached hydrogens (tertiary/aromatic N) is 1. The number of carbonyl (C=O) groups excluding carboxylic acids is 1. The van der Waals surface area contributed by atoms with Crippen molar-refractivity contribution in [3.63, 3.8) is 0 Å². The number of likely N-dealkylation sites (N-methyl/N-ethyl adjacent to an activating group) is 1. The van der Waals surface area contributed by atoms with Gasteiger partial charge < -0.3 is 24.8 Å². The third-order valence-corrected chi connectivity index (χ3v) is 5.50. The number of benzene rings is 3. The van der Waals surface area contributed by atoms with E-state index in [4.69, 9.17) is 14.6 Å². The number of hydrogen-bond donors (Lipinski definition) is 2. The van der Waals surface area contributed by atoms with Crippen LogP contribution in [0.3, 0.4) is 0 Å². The Balaban J connectivity index is 1.39. The molecule has 1 aliphatic rings. The van der Waals surface area contributed by atoms with Crippen LogP contribution in [0, 0.1) is 12.7 Å². The van der Waals surface area contributed by atoms with E-state index in [0.29, 0.717) is 30.0 Å². The molecule has 2 N–H and O–H groups in total. The predicted molar refractivity (Wildman–Crippen MR) is 126 cm³/mol. The lowest BCUT2D eigenvalue weighted by Crippen LogP contribution is -2.41. The van der Waals surface area contributed by atoms with Gasteiger partial charge in [-0.05, 0) is 66.6 Å². The first-order valence-corrected chi connectivity index (χ1v) is 10.8. The van der Waals surface area contributed by atoms with Crippen molar-refractivity contribution in [2.45, 2.75) is 19.4 Å². The lowest BCUT2D eigenvalue weighted by molar-refractivity contribution is -0.136. The summed E-state index contributed by atoms with van der Waals surface area (Å²) in [7, 11) is 2.01. The molecule has 0 saturated heterocycles. The Bertz CT molecular complexity index is 1230. The Kier molecular flexibility index (Phi) is 6.67.